The highest BCUT2D eigenvalue weighted by molar-refractivity contribution is 5.85. The largest absolute Gasteiger partial charge is 0.388 e. The summed E-state index contributed by atoms with van der Waals surface area (Å²) >= 11 is 0. The Hall–Kier alpha value is -2.12. The fourth-order valence-electron chi connectivity index (χ4n) is 3.13. The van der Waals surface area contributed by atoms with Crippen molar-refractivity contribution in [3.8, 4) is 0 Å². The highest BCUT2D eigenvalue weighted by Gasteiger charge is 2.14. The van der Waals surface area contributed by atoms with E-state index in [1.165, 1.54) is 16.3 Å². The summed E-state index contributed by atoms with van der Waals surface area (Å²) in [5.41, 5.74) is 4.57. The van der Waals surface area contributed by atoms with Crippen LogP contribution in [0.15, 0.2) is 60.7 Å². The van der Waals surface area contributed by atoms with E-state index in [1.807, 2.05) is 12.1 Å². The van der Waals surface area contributed by atoms with Gasteiger partial charge in [0.05, 0.1) is 6.10 Å². The van der Waals surface area contributed by atoms with Crippen molar-refractivity contribution in [2.24, 2.45) is 0 Å². The maximum atomic E-state index is 10.7. The minimum absolute atomic E-state index is 0.461. The van der Waals surface area contributed by atoms with Gasteiger partial charge in [0.1, 0.15) is 0 Å². The van der Waals surface area contributed by atoms with Crippen LogP contribution in [0, 0.1) is 13.8 Å². The van der Waals surface area contributed by atoms with Crippen molar-refractivity contribution >= 4 is 10.8 Å². The van der Waals surface area contributed by atoms with Gasteiger partial charge in [-0.1, -0.05) is 60.7 Å². The van der Waals surface area contributed by atoms with Crippen molar-refractivity contribution in [3.63, 3.8) is 0 Å². The average molecular weight is 276 g/mol. The summed E-state index contributed by atoms with van der Waals surface area (Å²) in [6, 6.07) is 20.8. The van der Waals surface area contributed by atoms with Crippen LogP contribution in [0.4, 0.5) is 0 Å². The van der Waals surface area contributed by atoms with Crippen molar-refractivity contribution in [1.82, 2.24) is 0 Å². The van der Waals surface area contributed by atoms with E-state index >= 15 is 0 Å². The van der Waals surface area contributed by atoms with Gasteiger partial charge < -0.3 is 5.11 Å². The monoisotopic (exact) mass is 276 g/mol. The molecule has 0 bridgehead atoms. The second-order valence-electron chi connectivity index (χ2n) is 5.66. The van der Waals surface area contributed by atoms with Crippen molar-refractivity contribution in [3.05, 3.63) is 82.9 Å². The number of aliphatic hydroxyl groups is 1. The topological polar surface area (TPSA) is 20.2 Å². The third-order valence-electron chi connectivity index (χ3n) is 4.17. The zero-order chi connectivity index (χ0) is 14.8. The second-order valence-corrected chi connectivity index (χ2v) is 5.66. The van der Waals surface area contributed by atoms with Crippen molar-refractivity contribution in [2.75, 3.05) is 0 Å². The van der Waals surface area contributed by atoms with E-state index in [-0.39, 0.29) is 0 Å². The standard InChI is InChI=1S/C20H20O/c1-14-7-5-8-15(2)20(14)19(21)13-17-11-6-10-16-9-3-4-12-18(16)17/h3-12,19,21H,13H2,1-2H3. The van der Waals surface area contributed by atoms with Crippen LogP contribution < -0.4 is 0 Å². The van der Waals surface area contributed by atoms with E-state index in [0.717, 1.165) is 16.7 Å². The Morgan fingerprint density at radius 3 is 2.19 bits per heavy atom. The van der Waals surface area contributed by atoms with Gasteiger partial charge in [0.15, 0.2) is 0 Å². The number of hydrogen-bond acceptors (Lipinski definition) is 1. The third-order valence-corrected chi connectivity index (χ3v) is 4.17. The molecule has 1 atom stereocenters. The molecule has 3 aromatic carbocycles. The van der Waals surface area contributed by atoms with Crippen LogP contribution in [0.1, 0.15) is 28.4 Å². The van der Waals surface area contributed by atoms with Crippen LogP contribution in [0.5, 0.6) is 0 Å². The zero-order valence-electron chi connectivity index (χ0n) is 12.5. The Labute approximate surface area is 125 Å². The summed E-state index contributed by atoms with van der Waals surface area (Å²) in [5, 5.41) is 13.1. The lowest BCUT2D eigenvalue weighted by atomic mass is 9.92. The molecule has 0 aliphatic rings. The first kappa shape index (κ1) is 13.8. The number of aryl methyl sites for hydroxylation is 2. The average Bonchev–Trinajstić information content (AvgIpc) is 2.47. The lowest BCUT2D eigenvalue weighted by Crippen LogP contribution is -2.06. The normalized spacial score (nSPS) is 12.5. The molecule has 0 amide bonds. The molecule has 1 heteroatoms. The van der Waals surface area contributed by atoms with Gasteiger partial charge in [-0.2, -0.15) is 0 Å². The molecule has 21 heavy (non-hydrogen) atoms. The van der Waals surface area contributed by atoms with Crippen molar-refractivity contribution < 1.29 is 5.11 Å². The molecule has 0 aliphatic carbocycles. The summed E-state index contributed by atoms with van der Waals surface area (Å²) in [4.78, 5) is 0. The first-order valence-corrected chi connectivity index (χ1v) is 7.37. The Bertz CT molecular complexity index is 748. The number of fused-ring (bicyclic) bond motifs is 1. The minimum Gasteiger partial charge on any atom is -0.388 e. The van der Waals surface area contributed by atoms with Gasteiger partial charge in [0.25, 0.3) is 0 Å². The Balaban J connectivity index is 1.99. The lowest BCUT2D eigenvalue weighted by molar-refractivity contribution is 0.177. The van der Waals surface area contributed by atoms with Gasteiger partial charge in [-0.25, -0.2) is 0 Å². The predicted molar refractivity (Wildman–Crippen MR) is 88.5 cm³/mol. The third kappa shape index (κ3) is 2.70. The summed E-state index contributed by atoms with van der Waals surface area (Å²) in [5.74, 6) is 0. The summed E-state index contributed by atoms with van der Waals surface area (Å²) < 4.78 is 0. The van der Waals surface area contributed by atoms with Crippen LogP contribution in [0.3, 0.4) is 0 Å². The maximum absolute atomic E-state index is 10.7. The maximum Gasteiger partial charge on any atom is 0.0835 e. The van der Waals surface area contributed by atoms with E-state index in [4.69, 9.17) is 0 Å². The summed E-state index contributed by atoms with van der Waals surface area (Å²) in [7, 11) is 0. The van der Waals surface area contributed by atoms with Crippen LogP contribution in [0.25, 0.3) is 10.8 Å². The number of hydrogen-bond donors (Lipinski definition) is 1. The number of aliphatic hydroxyl groups excluding tert-OH is 1. The van der Waals surface area contributed by atoms with Gasteiger partial charge >= 0.3 is 0 Å². The molecule has 3 rings (SSSR count). The lowest BCUT2D eigenvalue weighted by Gasteiger charge is -2.17. The molecular formula is C20H20O. The molecule has 0 saturated heterocycles. The first-order valence-electron chi connectivity index (χ1n) is 7.37. The van der Waals surface area contributed by atoms with Gasteiger partial charge in [-0.3, -0.25) is 0 Å². The fraction of sp³-hybridized carbons (Fsp3) is 0.200. The molecule has 3 aromatic rings. The van der Waals surface area contributed by atoms with Crippen LogP contribution in [0.2, 0.25) is 0 Å². The number of rotatable bonds is 3. The molecule has 1 N–H and O–H groups in total. The fourth-order valence-corrected chi connectivity index (χ4v) is 3.13. The van der Waals surface area contributed by atoms with Crippen molar-refractivity contribution in [1.29, 1.82) is 0 Å². The summed E-state index contributed by atoms with van der Waals surface area (Å²) in [6.45, 7) is 4.13. The smallest absolute Gasteiger partial charge is 0.0835 e. The molecule has 1 nitrogen and oxygen atoms in total. The molecule has 0 heterocycles. The van der Waals surface area contributed by atoms with Crippen LogP contribution in [-0.4, -0.2) is 5.11 Å². The van der Waals surface area contributed by atoms with E-state index in [9.17, 15) is 5.11 Å². The van der Waals surface area contributed by atoms with E-state index in [0.29, 0.717) is 6.42 Å². The molecule has 1 unspecified atom stereocenters. The predicted octanol–water partition coefficient (Wildman–Crippen LogP) is 4.73. The summed E-state index contributed by atoms with van der Waals surface area (Å²) in [6.07, 6.45) is 0.185. The zero-order valence-corrected chi connectivity index (χ0v) is 12.5. The molecular weight excluding hydrogens is 256 g/mol. The second kappa shape index (κ2) is 5.71. The van der Waals surface area contributed by atoms with Gasteiger partial charge in [-0.05, 0) is 46.9 Å². The molecule has 0 radical (unpaired) electrons. The molecule has 106 valence electrons. The highest BCUT2D eigenvalue weighted by atomic mass is 16.3. The van der Waals surface area contributed by atoms with E-state index in [2.05, 4.69) is 62.4 Å². The first-order chi connectivity index (χ1) is 10.2. The van der Waals surface area contributed by atoms with E-state index in [1.54, 1.807) is 0 Å². The molecule has 0 aliphatic heterocycles. The Kier molecular flexibility index (Phi) is 3.76. The van der Waals surface area contributed by atoms with Crippen molar-refractivity contribution in [2.45, 2.75) is 26.4 Å². The molecule has 0 spiro atoms. The number of benzene rings is 3. The Morgan fingerprint density at radius 1 is 0.810 bits per heavy atom. The SMILES string of the molecule is Cc1cccc(C)c1C(O)Cc1cccc2ccccc12. The highest BCUT2D eigenvalue weighted by Crippen LogP contribution is 2.28. The minimum atomic E-state index is -0.461. The molecule has 0 fully saturated rings. The molecule has 0 aromatic heterocycles. The van der Waals surface area contributed by atoms with E-state index < -0.39 is 6.10 Å². The van der Waals surface area contributed by atoms with Gasteiger partial charge in [-0.15, -0.1) is 0 Å². The molecule has 0 saturated carbocycles. The quantitative estimate of drug-likeness (QED) is 0.733. The van der Waals surface area contributed by atoms with Gasteiger partial charge in [0, 0.05) is 6.42 Å². The van der Waals surface area contributed by atoms with Crippen LogP contribution >= 0.6 is 0 Å². The van der Waals surface area contributed by atoms with Gasteiger partial charge in [0.2, 0.25) is 0 Å². The Morgan fingerprint density at radius 2 is 1.43 bits per heavy atom. The van der Waals surface area contributed by atoms with Crippen LogP contribution in [-0.2, 0) is 6.42 Å².